The molecular formula is C8H15N. The average molecular weight is 125 g/mol. The lowest BCUT2D eigenvalue weighted by atomic mass is 9.96. The topological polar surface area (TPSA) is 26.0 Å². The van der Waals surface area contributed by atoms with Crippen molar-refractivity contribution in [3.63, 3.8) is 0 Å². The third-order valence-corrected chi connectivity index (χ3v) is 0.818. The molecule has 2 N–H and O–H groups in total. The number of hydrogen-bond acceptors (Lipinski definition) is 1. The Bertz CT molecular complexity index is 115. The first-order valence-electron chi connectivity index (χ1n) is 3.12. The van der Waals surface area contributed by atoms with Gasteiger partial charge in [0.2, 0.25) is 0 Å². The lowest BCUT2D eigenvalue weighted by molar-refractivity contribution is 0.544. The van der Waals surface area contributed by atoms with E-state index in [1.54, 1.807) is 0 Å². The summed E-state index contributed by atoms with van der Waals surface area (Å²) in [6.45, 7) is 6.44. The van der Waals surface area contributed by atoms with Crippen molar-refractivity contribution in [1.29, 1.82) is 0 Å². The van der Waals surface area contributed by atoms with Crippen LogP contribution in [0, 0.1) is 5.41 Å². The molecule has 52 valence electrons. The first kappa shape index (κ1) is 8.28. The van der Waals surface area contributed by atoms with Gasteiger partial charge in [-0.2, -0.15) is 0 Å². The van der Waals surface area contributed by atoms with Crippen molar-refractivity contribution < 1.29 is 0 Å². The second-order valence-corrected chi connectivity index (χ2v) is 3.11. The Morgan fingerprint density at radius 3 is 2.00 bits per heavy atom. The summed E-state index contributed by atoms with van der Waals surface area (Å²) < 4.78 is 0. The van der Waals surface area contributed by atoms with Crippen LogP contribution in [0.2, 0.25) is 0 Å². The summed E-state index contributed by atoms with van der Waals surface area (Å²) in [4.78, 5) is 0. The minimum absolute atomic E-state index is 0.263. The van der Waals surface area contributed by atoms with Crippen molar-refractivity contribution in [2.45, 2.75) is 20.8 Å². The van der Waals surface area contributed by atoms with Gasteiger partial charge in [0.05, 0.1) is 0 Å². The van der Waals surface area contributed by atoms with E-state index in [0.29, 0.717) is 0 Å². The van der Waals surface area contributed by atoms with E-state index in [4.69, 9.17) is 5.73 Å². The molecule has 0 spiro atoms. The smallest absolute Gasteiger partial charge is 0.00625 e. The molecule has 0 heterocycles. The van der Waals surface area contributed by atoms with Crippen molar-refractivity contribution in [2.24, 2.45) is 11.1 Å². The predicted molar refractivity (Wildman–Crippen MR) is 41.9 cm³/mol. The largest absolute Gasteiger partial charge is 0.405 e. The summed E-state index contributed by atoms with van der Waals surface area (Å²) in [6.07, 6.45) is 7.42. The van der Waals surface area contributed by atoms with Crippen LogP contribution in [0.15, 0.2) is 24.4 Å². The first-order chi connectivity index (χ1) is 4.06. The Morgan fingerprint density at radius 1 is 1.11 bits per heavy atom. The molecule has 0 saturated heterocycles. The highest BCUT2D eigenvalue weighted by Gasteiger charge is 2.01. The Morgan fingerprint density at radius 2 is 1.67 bits per heavy atom. The summed E-state index contributed by atoms with van der Waals surface area (Å²) in [6, 6.07) is 0. The molecule has 0 atom stereocenters. The minimum atomic E-state index is 0.263. The van der Waals surface area contributed by atoms with Crippen LogP contribution in [0.25, 0.3) is 0 Å². The van der Waals surface area contributed by atoms with Gasteiger partial charge in [-0.15, -0.1) is 0 Å². The highest BCUT2D eigenvalue weighted by molar-refractivity contribution is 5.04. The molecule has 0 radical (unpaired) electrons. The van der Waals surface area contributed by atoms with Gasteiger partial charge in [0.15, 0.2) is 0 Å². The molecule has 0 aliphatic rings. The fourth-order valence-electron chi connectivity index (χ4n) is 0.408. The van der Waals surface area contributed by atoms with E-state index in [0.717, 1.165) is 0 Å². The second kappa shape index (κ2) is 3.33. The maximum Gasteiger partial charge on any atom is -0.00625 e. The molecule has 1 nitrogen and oxygen atoms in total. The molecule has 0 aliphatic carbocycles. The predicted octanol–water partition coefficient (Wildman–Crippen LogP) is 2.06. The van der Waals surface area contributed by atoms with E-state index in [2.05, 4.69) is 26.8 Å². The van der Waals surface area contributed by atoms with Crippen LogP contribution in [0.4, 0.5) is 0 Å². The zero-order valence-corrected chi connectivity index (χ0v) is 6.39. The van der Waals surface area contributed by atoms with Crippen molar-refractivity contribution in [3.05, 3.63) is 24.4 Å². The summed E-state index contributed by atoms with van der Waals surface area (Å²) in [7, 11) is 0. The van der Waals surface area contributed by atoms with Gasteiger partial charge in [0.1, 0.15) is 0 Å². The number of allylic oxidation sites excluding steroid dienone is 3. The molecule has 0 bridgehead atoms. The van der Waals surface area contributed by atoms with Gasteiger partial charge in [0, 0.05) is 0 Å². The minimum Gasteiger partial charge on any atom is -0.405 e. The van der Waals surface area contributed by atoms with Crippen LogP contribution in [0.1, 0.15) is 20.8 Å². The van der Waals surface area contributed by atoms with Crippen molar-refractivity contribution in [3.8, 4) is 0 Å². The summed E-state index contributed by atoms with van der Waals surface area (Å²) >= 11 is 0. The van der Waals surface area contributed by atoms with Gasteiger partial charge in [-0.05, 0) is 17.7 Å². The highest BCUT2D eigenvalue weighted by Crippen LogP contribution is 2.13. The van der Waals surface area contributed by atoms with Crippen molar-refractivity contribution in [1.82, 2.24) is 0 Å². The molecule has 0 amide bonds. The molecule has 0 saturated carbocycles. The fourth-order valence-corrected chi connectivity index (χ4v) is 0.408. The van der Waals surface area contributed by atoms with Crippen molar-refractivity contribution in [2.75, 3.05) is 0 Å². The van der Waals surface area contributed by atoms with Crippen LogP contribution in [-0.2, 0) is 0 Å². The number of rotatable bonds is 1. The van der Waals surface area contributed by atoms with E-state index < -0.39 is 0 Å². The quantitative estimate of drug-likeness (QED) is 0.533. The van der Waals surface area contributed by atoms with E-state index in [1.165, 1.54) is 6.20 Å². The second-order valence-electron chi connectivity index (χ2n) is 3.11. The molecule has 9 heavy (non-hydrogen) atoms. The van der Waals surface area contributed by atoms with Crippen LogP contribution >= 0.6 is 0 Å². The zero-order chi connectivity index (χ0) is 7.33. The lowest BCUT2D eigenvalue weighted by Gasteiger charge is -2.09. The summed E-state index contributed by atoms with van der Waals surface area (Å²) in [5.74, 6) is 0. The highest BCUT2D eigenvalue weighted by atomic mass is 14.5. The van der Waals surface area contributed by atoms with E-state index in [-0.39, 0.29) is 5.41 Å². The Balaban J connectivity index is 3.71. The van der Waals surface area contributed by atoms with Gasteiger partial charge in [-0.3, -0.25) is 0 Å². The molecule has 0 aliphatic heterocycles. The number of hydrogen-bond donors (Lipinski definition) is 1. The first-order valence-corrected chi connectivity index (χ1v) is 3.12. The van der Waals surface area contributed by atoms with E-state index in [1.807, 2.05) is 12.2 Å². The van der Waals surface area contributed by atoms with E-state index >= 15 is 0 Å². The molecule has 0 aromatic heterocycles. The zero-order valence-electron chi connectivity index (χ0n) is 6.39. The van der Waals surface area contributed by atoms with Crippen molar-refractivity contribution >= 4 is 0 Å². The molecular weight excluding hydrogens is 110 g/mol. The Hall–Kier alpha value is -0.720. The fraction of sp³-hybridized carbons (Fsp3) is 0.500. The molecule has 0 rings (SSSR count). The summed E-state index contributed by atoms with van der Waals surface area (Å²) in [5, 5.41) is 0. The van der Waals surface area contributed by atoms with E-state index in [9.17, 15) is 0 Å². The standard InChI is InChI=1S/C8H15N/c1-8(2,3)6-4-5-7-9/h4-7H,9H2,1-3H3/b6-4-,7-5-. The van der Waals surface area contributed by atoms with Gasteiger partial charge < -0.3 is 5.73 Å². The van der Waals surface area contributed by atoms with Crippen LogP contribution in [-0.4, -0.2) is 0 Å². The molecule has 0 fully saturated rings. The Labute approximate surface area is 57.3 Å². The maximum atomic E-state index is 5.13. The van der Waals surface area contributed by atoms with Gasteiger partial charge in [0.25, 0.3) is 0 Å². The third kappa shape index (κ3) is 7.28. The maximum absolute atomic E-state index is 5.13. The molecule has 1 heteroatoms. The molecule has 0 unspecified atom stereocenters. The summed E-state index contributed by atoms with van der Waals surface area (Å²) in [5.41, 5.74) is 5.39. The number of nitrogens with two attached hydrogens (primary N) is 1. The normalized spacial score (nSPS) is 13.7. The van der Waals surface area contributed by atoms with Crippen LogP contribution in [0.3, 0.4) is 0 Å². The SMILES string of the molecule is CC(C)(C)/C=C\C=C/N. The monoisotopic (exact) mass is 125 g/mol. The van der Waals surface area contributed by atoms with Crippen LogP contribution < -0.4 is 5.73 Å². The van der Waals surface area contributed by atoms with Gasteiger partial charge in [-0.25, -0.2) is 0 Å². The molecule has 0 aromatic rings. The third-order valence-electron chi connectivity index (χ3n) is 0.818. The molecule has 0 aromatic carbocycles. The van der Waals surface area contributed by atoms with Gasteiger partial charge >= 0.3 is 0 Å². The lowest BCUT2D eigenvalue weighted by Crippen LogP contribution is -1.97. The van der Waals surface area contributed by atoms with Crippen LogP contribution in [0.5, 0.6) is 0 Å². The average Bonchev–Trinajstić information content (AvgIpc) is 1.63. The Kier molecular flexibility index (Phi) is 3.07. The van der Waals surface area contributed by atoms with Gasteiger partial charge in [-0.1, -0.05) is 32.9 Å².